The molecular weight excluding hydrogens is 619 g/mol. The summed E-state index contributed by atoms with van der Waals surface area (Å²) in [6.45, 7) is 4.34. The molecule has 3 amide bonds. The van der Waals surface area contributed by atoms with E-state index in [4.69, 9.17) is 4.74 Å². The molecule has 7 nitrogen and oxygen atoms in total. The predicted molar refractivity (Wildman–Crippen MR) is 195 cm³/mol. The van der Waals surface area contributed by atoms with Crippen LogP contribution in [0.5, 0.6) is 5.75 Å². The van der Waals surface area contributed by atoms with Crippen molar-refractivity contribution in [3.63, 3.8) is 0 Å². The van der Waals surface area contributed by atoms with E-state index in [0.29, 0.717) is 35.6 Å². The molecule has 0 aliphatic heterocycles. The van der Waals surface area contributed by atoms with Gasteiger partial charge in [-0.3, -0.25) is 19.3 Å². The minimum atomic E-state index is -0.492. The Balaban J connectivity index is 1.33. The number of nitrogens with one attached hydrogen (secondary N) is 2. The number of amides is 3. The molecule has 8 heteroatoms. The van der Waals surface area contributed by atoms with E-state index in [0.717, 1.165) is 16.3 Å². The first-order valence-electron chi connectivity index (χ1n) is 15.8. The number of carbonyl (C=O) groups is 3. The Morgan fingerprint density at radius 3 is 1.88 bits per heavy atom. The van der Waals surface area contributed by atoms with Crippen LogP contribution in [-0.2, 0) is 9.59 Å². The maximum absolute atomic E-state index is 14.0. The summed E-state index contributed by atoms with van der Waals surface area (Å²) in [5, 5.41) is 5.33. The monoisotopic (exact) mass is 655 g/mol. The van der Waals surface area contributed by atoms with Crippen LogP contribution in [0.4, 0.5) is 17.1 Å². The minimum absolute atomic E-state index is 0.0199. The van der Waals surface area contributed by atoms with Gasteiger partial charge in [0.15, 0.2) is 0 Å². The second-order valence-corrected chi connectivity index (χ2v) is 12.0. The lowest BCUT2D eigenvalue weighted by atomic mass is 10.1. The number of para-hydroxylation sites is 3. The third-order valence-electron chi connectivity index (χ3n) is 7.33. The molecule has 5 aromatic rings. The topological polar surface area (TPSA) is 87.7 Å². The van der Waals surface area contributed by atoms with Crippen molar-refractivity contribution in [2.45, 2.75) is 30.4 Å². The molecular formula is C40H37N3O4S. The first kappa shape index (κ1) is 33.8. The highest BCUT2D eigenvalue weighted by atomic mass is 32.2. The Labute approximate surface area is 285 Å². The molecule has 0 fully saturated rings. The summed E-state index contributed by atoms with van der Waals surface area (Å²) in [7, 11) is 0. The largest absolute Gasteiger partial charge is 0.493 e. The number of anilines is 3. The fourth-order valence-corrected chi connectivity index (χ4v) is 5.97. The second kappa shape index (κ2) is 16.8. The number of thioether (sulfide) groups is 1. The Morgan fingerprint density at radius 2 is 1.29 bits per heavy atom. The van der Waals surface area contributed by atoms with Gasteiger partial charge in [-0.15, -0.1) is 11.8 Å². The summed E-state index contributed by atoms with van der Waals surface area (Å²) in [6, 6.07) is 42.6. The van der Waals surface area contributed by atoms with E-state index in [1.54, 1.807) is 47.4 Å². The van der Waals surface area contributed by atoms with E-state index >= 15 is 0 Å². The fraction of sp³-hybridized carbons (Fsp3) is 0.125. The lowest BCUT2D eigenvalue weighted by molar-refractivity contribution is -0.117. The van der Waals surface area contributed by atoms with Gasteiger partial charge >= 0.3 is 0 Å². The lowest BCUT2D eigenvalue weighted by Crippen LogP contribution is -2.34. The molecule has 0 radical (unpaired) electrons. The van der Waals surface area contributed by atoms with Crippen molar-refractivity contribution < 1.29 is 19.1 Å². The molecule has 0 aliphatic carbocycles. The van der Waals surface area contributed by atoms with E-state index in [1.165, 1.54) is 11.8 Å². The molecule has 0 saturated heterocycles. The summed E-state index contributed by atoms with van der Waals surface area (Å²) >= 11 is 1.48. The van der Waals surface area contributed by atoms with Crippen LogP contribution >= 0.6 is 11.8 Å². The molecule has 5 rings (SSSR count). The molecule has 0 aliphatic rings. The van der Waals surface area contributed by atoms with Gasteiger partial charge in [0.25, 0.3) is 11.8 Å². The molecule has 48 heavy (non-hydrogen) atoms. The molecule has 0 spiro atoms. The van der Waals surface area contributed by atoms with Crippen LogP contribution < -0.4 is 20.3 Å². The first-order valence-corrected chi connectivity index (χ1v) is 16.7. The third kappa shape index (κ3) is 8.80. The number of ether oxygens (including phenoxy) is 1. The summed E-state index contributed by atoms with van der Waals surface area (Å²) < 4.78 is 5.74. The SMILES string of the molecule is CCOc1ccccc1/C=C(\NC(=O)c1ccccc1)C(=O)Nc1ccc(SC(CC)C(=O)N(c2ccccc2)c2ccccc2)cc1. The number of rotatable bonds is 13. The van der Waals surface area contributed by atoms with Gasteiger partial charge in [0.05, 0.1) is 11.9 Å². The van der Waals surface area contributed by atoms with Crippen molar-refractivity contribution in [2.75, 3.05) is 16.8 Å². The lowest BCUT2D eigenvalue weighted by Gasteiger charge is -2.27. The van der Waals surface area contributed by atoms with Crippen molar-refractivity contribution in [3.05, 3.63) is 156 Å². The molecule has 1 atom stereocenters. The van der Waals surface area contributed by atoms with Gasteiger partial charge < -0.3 is 15.4 Å². The quantitative estimate of drug-likeness (QED) is 0.0979. The van der Waals surface area contributed by atoms with E-state index in [2.05, 4.69) is 10.6 Å². The fourth-order valence-electron chi connectivity index (χ4n) is 4.97. The number of hydrogen-bond acceptors (Lipinski definition) is 5. The molecule has 242 valence electrons. The first-order chi connectivity index (χ1) is 23.5. The van der Waals surface area contributed by atoms with Crippen molar-refractivity contribution in [2.24, 2.45) is 0 Å². The number of hydrogen-bond donors (Lipinski definition) is 2. The average molecular weight is 656 g/mol. The third-order valence-corrected chi connectivity index (χ3v) is 8.70. The van der Waals surface area contributed by atoms with Crippen LogP contribution in [0.25, 0.3) is 6.08 Å². The smallest absolute Gasteiger partial charge is 0.272 e. The molecule has 5 aromatic carbocycles. The number of benzene rings is 5. The average Bonchev–Trinajstić information content (AvgIpc) is 3.13. The van der Waals surface area contributed by atoms with Gasteiger partial charge in [-0.1, -0.05) is 79.7 Å². The molecule has 0 heterocycles. The highest BCUT2D eigenvalue weighted by Crippen LogP contribution is 2.33. The molecule has 1 unspecified atom stereocenters. The zero-order valence-corrected chi connectivity index (χ0v) is 27.7. The molecule has 2 N–H and O–H groups in total. The van der Waals surface area contributed by atoms with Crippen LogP contribution in [0.15, 0.2) is 150 Å². The summed E-state index contributed by atoms with van der Waals surface area (Å²) in [5.41, 5.74) is 3.29. The van der Waals surface area contributed by atoms with E-state index in [9.17, 15) is 14.4 Å². The van der Waals surface area contributed by atoms with Gasteiger partial charge in [-0.05, 0) is 86.2 Å². The standard InChI is InChI=1S/C40H37N3O4S/c1-3-37(40(46)43(32-19-10-6-11-20-32)33-21-12-7-13-22-33)48-34-26-24-31(25-27-34)41-39(45)35(42-38(44)29-16-8-5-9-17-29)28-30-18-14-15-23-36(30)47-4-2/h5-28,37H,3-4H2,1-2H3,(H,41,45)(H,42,44)/b35-28-. The Kier molecular flexibility index (Phi) is 11.8. The van der Waals surface area contributed by atoms with Crippen molar-refractivity contribution in [1.29, 1.82) is 0 Å². The predicted octanol–water partition coefficient (Wildman–Crippen LogP) is 8.73. The molecule has 0 saturated carbocycles. The van der Waals surface area contributed by atoms with Gasteiger partial charge in [0, 0.05) is 33.1 Å². The normalized spacial score (nSPS) is 11.7. The summed E-state index contributed by atoms with van der Waals surface area (Å²) in [6.07, 6.45) is 2.23. The van der Waals surface area contributed by atoms with E-state index < -0.39 is 11.8 Å². The van der Waals surface area contributed by atoms with Gasteiger partial charge in [-0.25, -0.2) is 0 Å². The van der Waals surface area contributed by atoms with Gasteiger partial charge in [0.1, 0.15) is 11.4 Å². The van der Waals surface area contributed by atoms with Crippen LogP contribution in [0, 0.1) is 0 Å². The molecule has 0 aromatic heterocycles. The zero-order chi connectivity index (χ0) is 33.7. The zero-order valence-electron chi connectivity index (χ0n) is 26.8. The van der Waals surface area contributed by atoms with Crippen LogP contribution in [-0.4, -0.2) is 29.6 Å². The van der Waals surface area contributed by atoms with Crippen LogP contribution in [0.2, 0.25) is 0 Å². The van der Waals surface area contributed by atoms with Crippen LogP contribution in [0.3, 0.4) is 0 Å². The van der Waals surface area contributed by atoms with Crippen molar-refractivity contribution >= 4 is 52.6 Å². The maximum Gasteiger partial charge on any atom is 0.272 e. The Morgan fingerprint density at radius 1 is 0.729 bits per heavy atom. The number of carbonyl (C=O) groups excluding carboxylic acids is 3. The Bertz CT molecular complexity index is 1810. The van der Waals surface area contributed by atoms with Crippen LogP contribution in [0.1, 0.15) is 36.2 Å². The highest BCUT2D eigenvalue weighted by Gasteiger charge is 2.26. The highest BCUT2D eigenvalue weighted by molar-refractivity contribution is 8.00. The van der Waals surface area contributed by atoms with Crippen molar-refractivity contribution in [1.82, 2.24) is 5.32 Å². The van der Waals surface area contributed by atoms with Gasteiger partial charge in [-0.2, -0.15) is 0 Å². The van der Waals surface area contributed by atoms with E-state index in [-0.39, 0.29) is 16.9 Å². The summed E-state index contributed by atoms with van der Waals surface area (Å²) in [5.74, 6) is -0.325. The van der Waals surface area contributed by atoms with Gasteiger partial charge in [0.2, 0.25) is 5.91 Å². The summed E-state index contributed by atoms with van der Waals surface area (Å²) in [4.78, 5) is 43.3. The van der Waals surface area contributed by atoms with Crippen molar-refractivity contribution in [3.8, 4) is 5.75 Å². The minimum Gasteiger partial charge on any atom is -0.493 e. The Hall–Kier alpha value is -5.60. The maximum atomic E-state index is 14.0. The second-order valence-electron chi connectivity index (χ2n) is 10.7. The van der Waals surface area contributed by atoms with E-state index in [1.807, 2.05) is 117 Å². The molecule has 0 bridgehead atoms. The number of nitrogens with zero attached hydrogens (tertiary/aromatic N) is 1.